The second-order valence-corrected chi connectivity index (χ2v) is 4.00. The fraction of sp³-hybridized carbons (Fsp3) is 0. The molecule has 0 radical (unpaired) electrons. The van der Waals surface area contributed by atoms with Crippen LogP contribution in [0.25, 0.3) is 23.1 Å². The summed E-state index contributed by atoms with van der Waals surface area (Å²) in [5.41, 5.74) is 2.87. The Morgan fingerprint density at radius 2 is 1.68 bits per heavy atom. The summed E-state index contributed by atoms with van der Waals surface area (Å²) in [5, 5.41) is 9.54. The molecule has 0 fully saturated rings. The highest BCUT2D eigenvalue weighted by Crippen LogP contribution is 2.20. The molecule has 0 aromatic heterocycles. The first kappa shape index (κ1) is 12.7. The lowest BCUT2D eigenvalue weighted by atomic mass is 10.1. The Morgan fingerprint density at radius 3 is 2.42 bits per heavy atom. The predicted molar refractivity (Wildman–Crippen MR) is 79.1 cm³/mol. The minimum Gasteiger partial charge on any atom is -0.508 e. The van der Waals surface area contributed by atoms with Crippen molar-refractivity contribution in [3.63, 3.8) is 0 Å². The monoisotopic (exact) mass is 247 g/mol. The van der Waals surface area contributed by atoms with Gasteiger partial charge in [0.05, 0.1) is 6.57 Å². The van der Waals surface area contributed by atoms with Crippen LogP contribution in [0.4, 0.5) is 0 Å². The Hall–Kier alpha value is -2.79. The van der Waals surface area contributed by atoms with Crippen molar-refractivity contribution < 1.29 is 5.11 Å². The van der Waals surface area contributed by atoms with Crippen molar-refractivity contribution >= 4 is 18.2 Å². The first-order chi connectivity index (χ1) is 9.29. The lowest BCUT2D eigenvalue weighted by Gasteiger charge is -2.02. The van der Waals surface area contributed by atoms with Gasteiger partial charge in [-0.25, -0.2) is 4.85 Å². The summed E-state index contributed by atoms with van der Waals surface area (Å²) >= 11 is 0. The van der Waals surface area contributed by atoms with Crippen LogP contribution in [0.1, 0.15) is 16.7 Å². The van der Waals surface area contributed by atoms with Gasteiger partial charge >= 0.3 is 0 Å². The summed E-state index contributed by atoms with van der Waals surface area (Å²) in [5.74, 6) is 0.215. The van der Waals surface area contributed by atoms with E-state index in [-0.39, 0.29) is 5.75 Å². The molecule has 2 rings (SSSR count). The van der Waals surface area contributed by atoms with Crippen LogP contribution in [-0.2, 0) is 0 Å². The quantitative estimate of drug-likeness (QED) is 0.628. The zero-order valence-electron chi connectivity index (χ0n) is 10.3. The summed E-state index contributed by atoms with van der Waals surface area (Å²) < 4.78 is 0. The molecule has 92 valence electrons. The Bertz CT molecular complexity index is 649. The van der Waals surface area contributed by atoms with Crippen LogP contribution < -0.4 is 0 Å². The van der Waals surface area contributed by atoms with E-state index in [0.29, 0.717) is 0 Å². The predicted octanol–water partition coefficient (Wildman–Crippen LogP) is 4.45. The minimum absolute atomic E-state index is 0.215. The molecule has 0 aliphatic heterocycles. The number of aromatic hydroxyl groups is 1. The largest absolute Gasteiger partial charge is 0.508 e. The van der Waals surface area contributed by atoms with Gasteiger partial charge in [-0.3, -0.25) is 0 Å². The SMILES string of the molecule is [C-]#[N+]C=Cc1ccc(O)cc1/C=C/c1ccccc1. The van der Waals surface area contributed by atoms with Crippen molar-refractivity contribution in [3.8, 4) is 5.75 Å². The maximum atomic E-state index is 9.54. The van der Waals surface area contributed by atoms with Crippen LogP contribution in [-0.4, -0.2) is 5.11 Å². The van der Waals surface area contributed by atoms with Crippen molar-refractivity contribution in [2.45, 2.75) is 0 Å². The molecule has 2 aromatic rings. The molecule has 1 N–H and O–H groups in total. The van der Waals surface area contributed by atoms with Gasteiger partial charge in [-0.2, -0.15) is 0 Å². The van der Waals surface area contributed by atoms with Gasteiger partial charge in [0.25, 0.3) is 0 Å². The molecule has 19 heavy (non-hydrogen) atoms. The lowest BCUT2D eigenvalue weighted by Crippen LogP contribution is -1.80. The van der Waals surface area contributed by atoms with Gasteiger partial charge in [0.15, 0.2) is 6.20 Å². The van der Waals surface area contributed by atoms with Crippen molar-refractivity contribution in [1.29, 1.82) is 0 Å². The second kappa shape index (κ2) is 6.23. The molecule has 2 aromatic carbocycles. The number of benzene rings is 2. The molecule has 2 heteroatoms. The molecule has 0 unspecified atom stereocenters. The zero-order chi connectivity index (χ0) is 13.5. The summed E-state index contributed by atoms with van der Waals surface area (Å²) in [7, 11) is 0. The highest BCUT2D eigenvalue weighted by Gasteiger charge is 1.97. The normalized spacial score (nSPS) is 10.9. The Kier molecular flexibility index (Phi) is 4.15. The van der Waals surface area contributed by atoms with E-state index in [4.69, 9.17) is 6.57 Å². The van der Waals surface area contributed by atoms with Gasteiger partial charge in [0, 0.05) is 0 Å². The van der Waals surface area contributed by atoms with E-state index in [1.807, 2.05) is 42.5 Å². The van der Waals surface area contributed by atoms with Crippen LogP contribution in [0.2, 0.25) is 0 Å². The van der Waals surface area contributed by atoms with Crippen LogP contribution in [0.3, 0.4) is 0 Å². The van der Waals surface area contributed by atoms with Crippen LogP contribution >= 0.6 is 0 Å². The maximum absolute atomic E-state index is 9.54. The van der Waals surface area contributed by atoms with E-state index in [9.17, 15) is 5.11 Å². The molecule has 0 aliphatic carbocycles. The molecule has 0 heterocycles. The second-order valence-electron chi connectivity index (χ2n) is 4.00. The van der Waals surface area contributed by atoms with Gasteiger partial charge < -0.3 is 5.11 Å². The average molecular weight is 247 g/mol. The van der Waals surface area contributed by atoms with E-state index in [2.05, 4.69) is 4.85 Å². The van der Waals surface area contributed by atoms with Gasteiger partial charge in [0.2, 0.25) is 0 Å². The molecule has 0 spiro atoms. The third-order valence-corrected chi connectivity index (χ3v) is 2.65. The van der Waals surface area contributed by atoms with Gasteiger partial charge in [0.1, 0.15) is 5.75 Å². The van der Waals surface area contributed by atoms with Crippen molar-refractivity contribution in [3.05, 3.63) is 82.8 Å². The number of hydrogen-bond acceptors (Lipinski definition) is 1. The maximum Gasteiger partial charge on any atom is 0.154 e. The van der Waals surface area contributed by atoms with Crippen LogP contribution in [0, 0.1) is 6.57 Å². The minimum atomic E-state index is 0.215. The van der Waals surface area contributed by atoms with Gasteiger partial charge in [-0.1, -0.05) is 54.6 Å². The number of rotatable bonds is 3. The van der Waals surface area contributed by atoms with Crippen molar-refractivity contribution in [2.75, 3.05) is 0 Å². The van der Waals surface area contributed by atoms with Crippen molar-refractivity contribution in [2.24, 2.45) is 0 Å². The molecule has 0 aliphatic rings. The third-order valence-electron chi connectivity index (χ3n) is 2.65. The number of phenolic OH excluding ortho intramolecular Hbond substituents is 1. The molecular formula is C17H13NO. The third kappa shape index (κ3) is 3.58. The Morgan fingerprint density at radius 1 is 0.895 bits per heavy atom. The van der Waals surface area contributed by atoms with Crippen LogP contribution in [0.5, 0.6) is 5.75 Å². The smallest absolute Gasteiger partial charge is 0.154 e. The molecule has 0 saturated heterocycles. The summed E-state index contributed by atoms with van der Waals surface area (Å²) in [6.45, 7) is 6.77. The van der Waals surface area contributed by atoms with E-state index in [1.54, 1.807) is 24.3 Å². The molecule has 0 atom stereocenters. The molecule has 0 bridgehead atoms. The van der Waals surface area contributed by atoms with Gasteiger partial charge in [-0.05, 0) is 28.8 Å². The first-order valence-corrected chi connectivity index (χ1v) is 5.89. The standard InChI is InChI=1S/C17H13NO/c1-18-12-11-15-9-10-17(19)13-16(15)8-7-14-5-3-2-4-6-14/h2-13,19H/b8-7+,12-11?. The summed E-state index contributed by atoms with van der Waals surface area (Å²) in [4.78, 5) is 3.20. The number of hydrogen-bond donors (Lipinski definition) is 1. The van der Waals surface area contributed by atoms with Gasteiger partial charge in [-0.15, -0.1) is 0 Å². The first-order valence-electron chi connectivity index (χ1n) is 5.89. The fourth-order valence-corrected chi connectivity index (χ4v) is 1.73. The Labute approximate surface area is 112 Å². The fourth-order valence-electron chi connectivity index (χ4n) is 1.73. The average Bonchev–Trinajstić information content (AvgIpc) is 2.45. The number of phenols is 1. The number of nitrogens with zero attached hydrogens (tertiary/aromatic N) is 1. The van der Waals surface area contributed by atoms with E-state index in [1.165, 1.54) is 6.20 Å². The molecular weight excluding hydrogens is 234 g/mol. The van der Waals surface area contributed by atoms with Crippen LogP contribution in [0.15, 0.2) is 54.7 Å². The Balaban J connectivity index is 2.33. The highest BCUT2D eigenvalue weighted by molar-refractivity contribution is 5.75. The molecule has 2 nitrogen and oxygen atoms in total. The van der Waals surface area contributed by atoms with E-state index >= 15 is 0 Å². The zero-order valence-corrected chi connectivity index (χ0v) is 10.3. The topological polar surface area (TPSA) is 24.6 Å². The molecule has 0 saturated carbocycles. The molecule has 0 amide bonds. The van der Waals surface area contributed by atoms with E-state index < -0.39 is 0 Å². The van der Waals surface area contributed by atoms with Crippen molar-refractivity contribution in [1.82, 2.24) is 0 Å². The lowest BCUT2D eigenvalue weighted by molar-refractivity contribution is 0.475. The summed E-state index contributed by atoms with van der Waals surface area (Å²) in [6.07, 6.45) is 7.05. The summed E-state index contributed by atoms with van der Waals surface area (Å²) in [6, 6.07) is 15.0. The van der Waals surface area contributed by atoms with E-state index in [0.717, 1.165) is 16.7 Å². The highest BCUT2D eigenvalue weighted by atomic mass is 16.3.